The van der Waals surface area contributed by atoms with Crippen LogP contribution in [-0.2, 0) is 0 Å². The summed E-state index contributed by atoms with van der Waals surface area (Å²) in [6, 6.07) is 8.61. The van der Waals surface area contributed by atoms with Gasteiger partial charge in [-0.25, -0.2) is 0 Å². The molecule has 178 valence electrons. The van der Waals surface area contributed by atoms with Crippen molar-refractivity contribution in [1.29, 1.82) is 5.26 Å². The van der Waals surface area contributed by atoms with Crippen molar-refractivity contribution >= 4 is 16.7 Å². The van der Waals surface area contributed by atoms with Crippen LogP contribution in [0.5, 0.6) is 5.75 Å². The number of nitrogens with zero attached hydrogens (tertiary/aromatic N) is 2. The van der Waals surface area contributed by atoms with Crippen molar-refractivity contribution in [2.75, 3.05) is 14.2 Å². The van der Waals surface area contributed by atoms with Gasteiger partial charge in [0.05, 0.1) is 17.9 Å². The minimum Gasteiger partial charge on any atom is -0.497 e. The van der Waals surface area contributed by atoms with Crippen molar-refractivity contribution in [3.63, 3.8) is 0 Å². The molecule has 2 atom stereocenters. The maximum absolute atomic E-state index is 15.2. The Hall–Kier alpha value is -2.80. The van der Waals surface area contributed by atoms with Crippen LogP contribution in [0.15, 0.2) is 64.4 Å². The van der Waals surface area contributed by atoms with Gasteiger partial charge in [-0.1, -0.05) is 12.1 Å². The summed E-state index contributed by atoms with van der Waals surface area (Å²) in [5, 5.41) is 10.4. The van der Waals surface area contributed by atoms with E-state index in [1.54, 1.807) is 24.3 Å². The van der Waals surface area contributed by atoms with E-state index in [4.69, 9.17) is 4.74 Å². The first-order chi connectivity index (χ1) is 15.7. The van der Waals surface area contributed by atoms with Gasteiger partial charge in [-0.15, -0.1) is 11.8 Å². The summed E-state index contributed by atoms with van der Waals surface area (Å²) in [5.41, 5.74) is -4.75. The van der Waals surface area contributed by atoms with Crippen LogP contribution >= 0.6 is 11.8 Å². The number of benzene rings is 1. The quantitative estimate of drug-likeness (QED) is 0.459. The topological polar surface area (TPSA) is 36.3 Å². The van der Waals surface area contributed by atoms with E-state index in [2.05, 4.69) is 6.07 Å². The minimum atomic E-state index is -5.65. The first-order valence-electron chi connectivity index (χ1n) is 10.2. The Morgan fingerprint density at radius 1 is 0.941 bits per heavy atom. The van der Waals surface area contributed by atoms with Crippen molar-refractivity contribution in [1.82, 2.24) is 4.90 Å². The molecule has 2 aliphatic carbocycles. The van der Waals surface area contributed by atoms with E-state index in [0.29, 0.717) is 21.9 Å². The molecule has 0 aromatic heterocycles. The highest BCUT2D eigenvalue weighted by Gasteiger charge is 2.85. The maximum Gasteiger partial charge on any atom is 0.380 e. The molecule has 2 heterocycles. The molecule has 4 aliphatic rings. The van der Waals surface area contributed by atoms with Crippen LogP contribution in [-0.4, -0.2) is 47.1 Å². The van der Waals surface area contributed by atoms with E-state index in [0.717, 1.165) is 17.8 Å². The number of fused-ring (bicyclic) bond motifs is 4. The Morgan fingerprint density at radius 2 is 1.50 bits per heavy atom. The largest absolute Gasteiger partial charge is 0.497 e. The van der Waals surface area contributed by atoms with Gasteiger partial charge in [0.2, 0.25) is 0 Å². The predicted molar refractivity (Wildman–Crippen MR) is 116 cm³/mol. The molecule has 10 heteroatoms. The molecule has 0 N–H and O–H groups in total. The van der Waals surface area contributed by atoms with Crippen LogP contribution < -0.4 is 4.74 Å². The van der Waals surface area contributed by atoms with Crippen LogP contribution in [0.25, 0.3) is 4.91 Å². The summed E-state index contributed by atoms with van der Waals surface area (Å²) in [6.07, 6.45) is 2.39. The monoisotopic (exact) mass is 496 g/mol. The zero-order chi connectivity index (χ0) is 25.1. The Morgan fingerprint density at radius 3 is 2.03 bits per heavy atom. The van der Waals surface area contributed by atoms with E-state index in [1.165, 1.54) is 39.0 Å². The molecule has 1 aromatic carbocycles. The second-order valence-corrected chi connectivity index (χ2v) is 10.3. The summed E-state index contributed by atoms with van der Waals surface area (Å²) in [4.78, 5) is 1.81. The molecule has 0 saturated heterocycles. The normalized spacial score (nSPS) is 32.1. The second-order valence-electron chi connectivity index (χ2n) is 8.84. The van der Waals surface area contributed by atoms with Crippen LogP contribution in [0, 0.1) is 11.3 Å². The van der Waals surface area contributed by atoms with Crippen molar-refractivity contribution in [3.05, 3.63) is 70.0 Å². The molecule has 0 bridgehead atoms. The summed E-state index contributed by atoms with van der Waals surface area (Å²) in [6.45, 7) is 3.00. The van der Waals surface area contributed by atoms with E-state index in [-0.39, 0.29) is 5.57 Å². The zero-order valence-corrected chi connectivity index (χ0v) is 19.3. The van der Waals surface area contributed by atoms with Gasteiger partial charge in [0.25, 0.3) is 0 Å². The molecule has 1 aromatic rings. The molecule has 2 unspecified atom stereocenters. The zero-order valence-electron chi connectivity index (χ0n) is 18.4. The lowest BCUT2D eigenvalue weighted by molar-refractivity contribution is -0.258. The lowest BCUT2D eigenvalue weighted by Gasteiger charge is -2.49. The van der Waals surface area contributed by atoms with Crippen LogP contribution in [0.1, 0.15) is 19.4 Å². The molecular formula is C24H18F6N2OS. The van der Waals surface area contributed by atoms with Crippen molar-refractivity contribution in [2.45, 2.75) is 41.9 Å². The van der Waals surface area contributed by atoms with Crippen LogP contribution in [0.2, 0.25) is 0 Å². The number of alkyl halides is 6. The Bertz CT molecular complexity index is 1300. The Labute approximate surface area is 196 Å². The fourth-order valence-corrected chi connectivity index (χ4v) is 6.99. The highest BCUT2D eigenvalue weighted by atomic mass is 32.2. The van der Waals surface area contributed by atoms with E-state index in [1.807, 2.05) is 0 Å². The molecule has 5 rings (SSSR count). The molecular weight excluding hydrogens is 478 g/mol. The highest BCUT2D eigenvalue weighted by Crippen LogP contribution is 2.72. The number of thioether (sulfide) groups is 1. The predicted octanol–water partition coefficient (Wildman–Crippen LogP) is 6.18. The third-order valence-electron chi connectivity index (χ3n) is 7.31. The first kappa shape index (κ1) is 23.0. The van der Waals surface area contributed by atoms with Crippen molar-refractivity contribution < 1.29 is 31.1 Å². The number of rotatable bonds is 2. The van der Waals surface area contributed by atoms with Gasteiger partial charge in [0, 0.05) is 34.4 Å². The van der Waals surface area contributed by atoms with E-state index >= 15 is 17.6 Å². The average molecular weight is 496 g/mol. The summed E-state index contributed by atoms with van der Waals surface area (Å²) in [7, 11) is 2.95. The maximum atomic E-state index is 15.2. The van der Waals surface area contributed by atoms with E-state index in [9.17, 15) is 14.0 Å². The molecule has 1 fully saturated rings. The fourth-order valence-electron chi connectivity index (χ4n) is 5.41. The van der Waals surface area contributed by atoms with Crippen LogP contribution in [0.3, 0.4) is 0 Å². The molecule has 0 amide bonds. The van der Waals surface area contributed by atoms with Gasteiger partial charge in [0.1, 0.15) is 5.75 Å². The molecule has 3 nitrogen and oxygen atoms in total. The van der Waals surface area contributed by atoms with Crippen molar-refractivity contribution in [3.8, 4) is 11.8 Å². The smallest absolute Gasteiger partial charge is 0.380 e. The average Bonchev–Trinajstić information content (AvgIpc) is 3.30. The fraction of sp³-hybridized carbons (Fsp3) is 0.375. The minimum absolute atomic E-state index is 0.332. The summed E-state index contributed by atoms with van der Waals surface area (Å²) < 4.78 is 93.4. The summed E-state index contributed by atoms with van der Waals surface area (Å²) >= 11 is 1.03. The Kier molecular flexibility index (Phi) is 4.35. The van der Waals surface area contributed by atoms with Gasteiger partial charge in [-0.05, 0) is 49.3 Å². The standard InChI is InChI=1S/C24H18F6N2OS/c1-12-9-16-19-18(22(25,26)24(29,30)23(19,27)28)15-10-17(13-5-7-14(33-4)8-6-13)34-20(15,2)21(16,11-31)32(12)3/h5-10H,1-4H3. The first-order valence-corrected chi connectivity index (χ1v) is 11.1. The molecule has 2 aliphatic heterocycles. The van der Waals surface area contributed by atoms with Gasteiger partial charge >= 0.3 is 17.8 Å². The molecule has 0 radical (unpaired) electrons. The highest BCUT2D eigenvalue weighted by molar-refractivity contribution is 8.10. The number of nitriles is 1. The number of hydrogen-bond donors (Lipinski definition) is 0. The van der Waals surface area contributed by atoms with E-state index < -0.39 is 44.8 Å². The van der Waals surface area contributed by atoms with Crippen molar-refractivity contribution in [2.24, 2.45) is 0 Å². The number of hydrogen-bond acceptors (Lipinski definition) is 4. The lowest BCUT2D eigenvalue weighted by atomic mass is 9.67. The van der Waals surface area contributed by atoms with Gasteiger partial charge in [0.15, 0.2) is 5.54 Å². The van der Waals surface area contributed by atoms with Gasteiger partial charge < -0.3 is 9.64 Å². The van der Waals surface area contributed by atoms with Gasteiger partial charge in [-0.3, -0.25) is 0 Å². The van der Waals surface area contributed by atoms with Gasteiger partial charge in [-0.2, -0.15) is 31.6 Å². The summed E-state index contributed by atoms with van der Waals surface area (Å²) in [5.74, 6) is -15.4. The number of methoxy groups -OCH3 is 1. The SMILES string of the molecule is COc1ccc(C2=CC3=C4C(=C5C=C(C)N(C)C5(C#N)C3(C)S2)C(F)(F)C(F)(F)C4(F)F)cc1. The molecule has 1 saturated carbocycles. The number of allylic oxidation sites excluding steroid dienone is 4. The second kappa shape index (κ2) is 6.45. The molecule has 0 spiro atoms. The number of likely N-dealkylation sites (N-methyl/N-ethyl adjacent to an activating group) is 1. The van der Waals surface area contributed by atoms with Crippen LogP contribution in [0.4, 0.5) is 26.3 Å². The third kappa shape index (κ3) is 2.22. The molecule has 34 heavy (non-hydrogen) atoms. The number of ether oxygens (including phenoxy) is 1. The number of halogens is 6. The lowest BCUT2D eigenvalue weighted by Crippen LogP contribution is -2.60. The Balaban J connectivity index is 1.88. The third-order valence-corrected chi connectivity index (χ3v) is 8.81.